The van der Waals surface area contributed by atoms with Crippen LogP contribution in [0.15, 0.2) is 18.2 Å². The van der Waals surface area contributed by atoms with Crippen LogP contribution in [0.4, 0.5) is 11.4 Å². The number of benzene rings is 1. The van der Waals surface area contributed by atoms with Crippen LogP contribution in [0.2, 0.25) is 0 Å². The summed E-state index contributed by atoms with van der Waals surface area (Å²) in [5.41, 5.74) is 2.05. The fraction of sp³-hybridized carbons (Fsp3) is 0.389. The van der Waals surface area contributed by atoms with Gasteiger partial charge < -0.3 is 15.4 Å². The Morgan fingerprint density at radius 1 is 1.36 bits per heavy atom. The number of nitrogens with zero attached hydrogens (tertiary/aromatic N) is 2. The van der Waals surface area contributed by atoms with Crippen molar-refractivity contribution in [3.05, 3.63) is 35.2 Å². The molecule has 0 spiro atoms. The van der Waals surface area contributed by atoms with Crippen molar-refractivity contribution in [2.45, 2.75) is 46.8 Å². The molecule has 3 rings (SSSR count). The third kappa shape index (κ3) is 2.75. The monoisotopic (exact) mass is 342 g/mol. The average molecular weight is 342 g/mol. The van der Waals surface area contributed by atoms with Crippen molar-refractivity contribution < 1.29 is 14.3 Å². The Kier molecular flexibility index (Phi) is 4.02. The predicted octanol–water partition coefficient (Wildman–Crippen LogP) is 2.56. The molecule has 1 atom stereocenters. The van der Waals surface area contributed by atoms with E-state index in [0.717, 1.165) is 11.3 Å². The summed E-state index contributed by atoms with van der Waals surface area (Å²) < 4.78 is 7.58. The van der Waals surface area contributed by atoms with Crippen LogP contribution in [-0.4, -0.2) is 27.2 Å². The van der Waals surface area contributed by atoms with E-state index >= 15 is 0 Å². The number of fused-ring (bicyclic) bond motifs is 1. The number of amides is 2. The van der Waals surface area contributed by atoms with Crippen LogP contribution >= 0.6 is 0 Å². The van der Waals surface area contributed by atoms with Crippen molar-refractivity contribution in [2.75, 3.05) is 10.6 Å². The largest absolute Gasteiger partial charge is 0.466 e. The molecule has 1 aromatic carbocycles. The first-order valence-corrected chi connectivity index (χ1v) is 8.23. The van der Waals surface area contributed by atoms with Gasteiger partial charge in [0.25, 0.3) is 17.4 Å². The zero-order valence-electron chi connectivity index (χ0n) is 15.1. The summed E-state index contributed by atoms with van der Waals surface area (Å²) in [5.74, 6) is -0.556. The maximum atomic E-state index is 12.8. The lowest BCUT2D eigenvalue weighted by Gasteiger charge is -2.33. The highest BCUT2D eigenvalue weighted by molar-refractivity contribution is 6.19. The molecule has 7 nitrogen and oxygen atoms in total. The molecule has 0 radical (unpaired) electrons. The van der Waals surface area contributed by atoms with Crippen LogP contribution in [0.25, 0.3) is 0 Å². The Labute approximate surface area is 146 Å². The lowest BCUT2D eigenvalue weighted by molar-refractivity contribution is -0.143. The van der Waals surface area contributed by atoms with Crippen LogP contribution in [0.1, 0.15) is 30.8 Å². The molecule has 0 saturated heterocycles. The van der Waals surface area contributed by atoms with Crippen LogP contribution in [0.3, 0.4) is 0 Å². The molecule has 1 aliphatic rings. The molecule has 132 valence electrons. The van der Waals surface area contributed by atoms with Crippen molar-refractivity contribution in [3.63, 3.8) is 0 Å². The molecule has 0 saturated carbocycles. The first kappa shape index (κ1) is 17.0. The van der Waals surface area contributed by atoms with Gasteiger partial charge in [0.05, 0.1) is 22.8 Å². The maximum Gasteiger partial charge on any atom is 0.278 e. The standard InChI is InChI=1S/C18H22N4O3/c1-6-22-12(4)15(11(3)21-22)20-17(24)18(5)16(23)19-13-9-10(2)7-8-14(13)25-18/h7-9H,6H2,1-5H3,(H,19,23)(H,20,24)/t18-/m0/s1. The Morgan fingerprint density at radius 3 is 2.72 bits per heavy atom. The highest BCUT2D eigenvalue weighted by Crippen LogP contribution is 2.35. The number of nitrogens with one attached hydrogen (secondary N) is 2. The van der Waals surface area contributed by atoms with Crippen LogP contribution in [0, 0.1) is 20.8 Å². The van der Waals surface area contributed by atoms with Gasteiger partial charge in [-0.3, -0.25) is 14.3 Å². The van der Waals surface area contributed by atoms with Gasteiger partial charge in [-0.25, -0.2) is 0 Å². The van der Waals surface area contributed by atoms with Gasteiger partial charge in [-0.2, -0.15) is 5.10 Å². The second-order valence-electron chi connectivity index (χ2n) is 6.40. The Morgan fingerprint density at radius 2 is 2.08 bits per heavy atom. The maximum absolute atomic E-state index is 12.8. The van der Waals surface area contributed by atoms with Gasteiger partial charge in [-0.15, -0.1) is 0 Å². The lowest BCUT2D eigenvalue weighted by Crippen LogP contribution is -2.56. The molecule has 0 bridgehead atoms. The SMILES string of the molecule is CCn1nc(C)c(NC(=O)[C@@]2(C)Oc3ccc(C)cc3NC2=O)c1C. The number of aryl methyl sites for hydroxylation is 3. The number of hydrogen-bond acceptors (Lipinski definition) is 4. The zero-order valence-corrected chi connectivity index (χ0v) is 15.1. The van der Waals surface area contributed by atoms with Crippen LogP contribution < -0.4 is 15.4 Å². The fourth-order valence-electron chi connectivity index (χ4n) is 2.91. The van der Waals surface area contributed by atoms with Crippen molar-refractivity contribution in [1.82, 2.24) is 9.78 Å². The molecule has 7 heteroatoms. The first-order valence-electron chi connectivity index (χ1n) is 8.23. The first-order chi connectivity index (χ1) is 11.8. The molecule has 2 N–H and O–H groups in total. The minimum atomic E-state index is -1.66. The van der Waals surface area contributed by atoms with Gasteiger partial charge in [0.2, 0.25) is 0 Å². The van der Waals surface area contributed by atoms with E-state index in [0.29, 0.717) is 29.4 Å². The molecule has 25 heavy (non-hydrogen) atoms. The van der Waals surface area contributed by atoms with E-state index in [2.05, 4.69) is 15.7 Å². The summed E-state index contributed by atoms with van der Waals surface area (Å²) in [7, 11) is 0. The summed E-state index contributed by atoms with van der Waals surface area (Å²) in [6.45, 7) is 9.75. The third-order valence-electron chi connectivity index (χ3n) is 4.48. The van der Waals surface area contributed by atoms with E-state index in [4.69, 9.17) is 4.74 Å². The zero-order chi connectivity index (χ0) is 18.4. The highest BCUT2D eigenvalue weighted by atomic mass is 16.5. The second kappa shape index (κ2) is 5.91. The summed E-state index contributed by atoms with van der Waals surface area (Å²) in [5, 5.41) is 9.94. The van der Waals surface area contributed by atoms with Crippen molar-refractivity contribution >= 4 is 23.2 Å². The molecule has 1 aliphatic heterocycles. The van der Waals surface area contributed by atoms with Crippen molar-refractivity contribution in [3.8, 4) is 5.75 Å². The molecular weight excluding hydrogens is 320 g/mol. The van der Waals surface area contributed by atoms with Gasteiger partial charge >= 0.3 is 0 Å². The number of carbonyl (C=O) groups is 2. The lowest BCUT2D eigenvalue weighted by atomic mass is 10.0. The number of carbonyl (C=O) groups excluding carboxylic acids is 2. The number of aromatic nitrogens is 2. The van der Waals surface area contributed by atoms with E-state index in [1.807, 2.05) is 39.8 Å². The Hall–Kier alpha value is -2.83. The molecular formula is C18H22N4O3. The van der Waals surface area contributed by atoms with E-state index in [1.165, 1.54) is 6.92 Å². The summed E-state index contributed by atoms with van der Waals surface area (Å²) in [6.07, 6.45) is 0. The van der Waals surface area contributed by atoms with Gasteiger partial charge in [0.1, 0.15) is 5.75 Å². The molecule has 0 fully saturated rings. The highest BCUT2D eigenvalue weighted by Gasteiger charge is 2.47. The quantitative estimate of drug-likeness (QED) is 0.840. The number of hydrogen-bond donors (Lipinski definition) is 2. The average Bonchev–Trinajstić information content (AvgIpc) is 2.83. The van der Waals surface area contributed by atoms with E-state index in [1.54, 1.807) is 10.7 Å². The number of anilines is 2. The van der Waals surface area contributed by atoms with E-state index < -0.39 is 17.4 Å². The van der Waals surface area contributed by atoms with Crippen molar-refractivity contribution in [1.29, 1.82) is 0 Å². The summed E-state index contributed by atoms with van der Waals surface area (Å²) in [4.78, 5) is 25.4. The van der Waals surface area contributed by atoms with Crippen LogP contribution in [-0.2, 0) is 16.1 Å². The van der Waals surface area contributed by atoms with E-state index in [-0.39, 0.29) is 0 Å². The van der Waals surface area contributed by atoms with E-state index in [9.17, 15) is 9.59 Å². The minimum Gasteiger partial charge on any atom is -0.466 e. The molecule has 1 aromatic heterocycles. The molecule has 0 unspecified atom stereocenters. The molecule has 2 aromatic rings. The summed E-state index contributed by atoms with van der Waals surface area (Å²) in [6, 6.07) is 5.43. The van der Waals surface area contributed by atoms with Gasteiger partial charge in [-0.05, 0) is 52.3 Å². The summed E-state index contributed by atoms with van der Waals surface area (Å²) >= 11 is 0. The number of rotatable bonds is 3. The normalized spacial score (nSPS) is 19.0. The molecule has 2 amide bonds. The van der Waals surface area contributed by atoms with Gasteiger partial charge in [-0.1, -0.05) is 6.07 Å². The van der Waals surface area contributed by atoms with Gasteiger partial charge in [0, 0.05) is 6.54 Å². The number of ether oxygens (including phenoxy) is 1. The Balaban J connectivity index is 1.90. The Bertz CT molecular complexity index is 871. The minimum absolute atomic E-state index is 0.473. The molecule has 0 aliphatic carbocycles. The molecule has 2 heterocycles. The topological polar surface area (TPSA) is 85.2 Å². The van der Waals surface area contributed by atoms with Crippen LogP contribution in [0.5, 0.6) is 5.75 Å². The predicted molar refractivity (Wildman–Crippen MR) is 94.8 cm³/mol. The van der Waals surface area contributed by atoms with Gasteiger partial charge in [0.15, 0.2) is 0 Å². The smallest absolute Gasteiger partial charge is 0.278 e. The second-order valence-corrected chi connectivity index (χ2v) is 6.40. The fourth-order valence-corrected chi connectivity index (χ4v) is 2.91. The van der Waals surface area contributed by atoms with Crippen molar-refractivity contribution in [2.24, 2.45) is 0 Å². The third-order valence-corrected chi connectivity index (χ3v) is 4.48.